The number of rotatable bonds is 5. The van der Waals surface area contributed by atoms with Gasteiger partial charge in [0.25, 0.3) is 0 Å². The largest absolute Gasteiger partial charge is 0.456 e. The van der Waals surface area contributed by atoms with Gasteiger partial charge in [0.05, 0.1) is 22.1 Å². The maximum Gasteiger partial charge on any atom is 0.135 e. The van der Waals surface area contributed by atoms with E-state index < -0.39 is 0 Å². The van der Waals surface area contributed by atoms with Crippen LogP contribution in [0, 0.1) is 0 Å². The van der Waals surface area contributed by atoms with Crippen LogP contribution in [0.2, 0.25) is 0 Å². The molecule has 14 aromatic rings. The van der Waals surface area contributed by atoms with Crippen LogP contribution in [0.3, 0.4) is 0 Å². The third kappa shape index (κ3) is 5.17. The average molecular weight is 817 g/mol. The summed E-state index contributed by atoms with van der Waals surface area (Å²) in [5, 5.41) is 9.49. The molecule has 0 spiro atoms. The van der Waals surface area contributed by atoms with E-state index in [1.807, 2.05) is 24.3 Å². The minimum Gasteiger partial charge on any atom is -0.456 e. The molecule has 298 valence electrons. The van der Waals surface area contributed by atoms with Crippen molar-refractivity contribution in [2.24, 2.45) is 0 Å². The number of benzene rings is 10. The predicted molar refractivity (Wildman–Crippen MR) is 266 cm³/mol. The Morgan fingerprint density at radius 1 is 0.250 bits per heavy atom. The van der Waals surface area contributed by atoms with Crippen molar-refractivity contribution in [3.8, 4) is 44.8 Å². The maximum absolute atomic E-state index is 6.13. The van der Waals surface area contributed by atoms with Gasteiger partial charge in [-0.3, -0.25) is 0 Å². The normalized spacial score (nSPS) is 12.1. The lowest BCUT2D eigenvalue weighted by molar-refractivity contribution is 0.668. The minimum absolute atomic E-state index is 0.909. The van der Waals surface area contributed by atoms with E-state index in [4.69, 9.17) is 8.83 Å². The first-order chi connectivity index (χ1) is 31.7. The molecule has 0 saturated carbocycles. The number of aromatic nitrogens is 2. The lowest BCUT2D eigenvalue weighted by Crippen LogP contribution is -1.94. The molecule has 4 heteroatoms. The Hall–Kier alpha value is -8.60. The van der Waals surface area contributed by atoms with E-state index in [0.717, 1.165) is 55.3 Å². The Morgan fingerprint density at radius 2 is 0.688 bits per heavy atom. The quantitative estimate of drug-likeness (QED) is 0.173. The van der Waals surface area contributed by atoms with Crippen LogP contribution in [-0.4, -0.2) is 9.13 Å². The molecule has 0 bridgehead atoms. The van der Waals surface area contributed by atoms with Gasteiger partial charge in [-0.05, 0) is 118 Å². The third-order valence-corrected chi connectivity index (χ3v) is 13.4. The molecule has 64 heavy (non-hydrogen) atoms. The standard InChI is InChI=1S/C60H36N2O2/c1-5-15-52-45(10-1)46-31-24-41(36-55(46)62(52)43-29-22-38(23-30-43)40-26-33-59-51(35-40)48-12-4-8-19-57(48)64-59)44-14-9-17-54-60(44)49-13-2-6-16-53(49)61(54)42-27-20-37(21-28-42)39-25-32-58-50(34-39)47-11-3-7-18-56(47)63-58/h1-36H. The molecule has 0 saturated heterocycles. The number of furan rings is 2. The summed E-state index contributed by atoms with van der Waals surface area (Å²) < 4.78 is 17.1. The molecule has 0 N–H and O–H groups in total. The molecular weight excluding hydrogens is 781 g/mol. The molecule has 0 aliphatic heterocycles. The SMILES string of the molecule is c1ccc2c(c1)oc1ccc(-c3ccc(-n4c5ccccc5c5ccc(-c6cccc7c6c6ccccc6n7-c6ccc(-c7ccc8oc9ccccc9c8c7)cc6)cc54)cc3)cc12. The molecule has 4 aromatic heterocycles. The second kappa shape index (κ2) is 13.4. The lowest BCUT2D eigenvalue weighted by atomic mass is 9.98. The van der Waals surface area contributed by atoms with Crippen LogP contribution in [0.4, 0.5) is 0 Å². The van der Waals surface area contributed by atoms with Crippen LogP contribution < -0.4 is 0 Å². The molecule has 0 fully saturated rings. The molecule has 0 unspecified atom stereocenters. The molecule has 0 aliphatic carbocycles. The number of hydrogen-bond donors (Lipinski definition) is 0. The van der Waals surface area contributed by atoms with Gasteiger partial charge in [0.15, 0.2) is 0 Å². The molecule has 10 aromatic carbocycles. The highest BCUT2D eigenvalue weighted by atomic mass is 16.3. The van der Waals surface area contributed by atoms with Crippen molar-refractivity contribution in [2.45, 2.75) is 0 Å². The minimum atomic E-state index is 0.909. The Kier molecular flexibility index (Phi) is 7.36. The molecule has 0 amide bonds. The average Bonchev–Trinajstić information content (AvgIpc) is 4.11. The van der Waals surface area contributed by atoms with E-state index in [1.165, 1.54) is 77.0 Å². The smallest absolute Gasteiger partial charge is 0.135 e. The summed E-state index contributed by atoms with van der Waals surface area (Å²) in [4.78, 5) is 0. The van der Waals surface area contributed by atoms with Gasteiger partial charge in [0.1, 0.15) is 22.3 Å². The van der Waals surface area contributed by atoms with Crippen LogP contribution >= 0.6 is 0 Å². The maximum atomic E-state index is 6.13. The van der Waals surface area contributed by atoms with Gasteiger partial charge >= 0.3 is 0 Å². The zero-order chi connectivity index (χ0) is 41.9. The van der Waals surface area contributed by atoms with E-state index in [-0.39, 0.29) is 0 Å². The van der Waals surface area contributed by atoms with E-state index >= 15 is 0 Å². The number of nitrogens with zero attached hydrogens (tertiary/aromatic N) is 2. The van der Waals surface area contributed by atoms with Gasteiger partial charge in [-0.1, -0.05) is 133 Å². The van der Waals surface area contributed by atoms with Gasteiger partial charge in [-0.15, -0.1) is 0 Å². The van der Waals surface area contributed by atoms with Crippen molar-refractivity contribution < 1.29 is 8.83 Å². The van der Waals surface area contributed by atoms with Crippen molar-refractivity contribution in [3.63, 3.8) is 0 Å². The van der Waals surface area contributed by atoms with E-state index in [2.05, 4.69) is 203 Å². The highest BCUT2D eigenvalue weighted by Crippen LogP contribution is 2.42. The summed E-state index contributed by atoms with van der Waals surface area (Å²) in [6.07, 6.45) is 0. The first kappa shape index (κ1) is 35.0. The molecule has 0 atom stereocenters. The number of para-hydroxylation sites is 4. The van der Waals surface area contributed by atoms with Gasteiger partial charge in [0.2, 0.25) is 0 Å². The van der Waals surface area contributed by atoms with Crippen LogP contribution in [0.25, 0.3) is 132 Å². The molecule has 4 nitrogen and oxygen atoms in total. The van der Waals surface area contributed by atoms with Crippen LogP contribution in [0.5, 0.6) is 0 Å². The zero-order valence-electron chi connectivity index (χ0n) is 34.5. The monoisotopic (exact) mass is 816 g/mol. The molecule has 0 radical (unpaired) electrons. The molecule has 4 heterocycles. The molecule has 0 aliphatic rings. The van der Waals surface area contributed by atoms with Gasteiger partial charge in [-0.25, -0.2) is 0 Å². The second-order valence-corrected chi connectivity index (χ2v) is 16.8. The molecular formula is C60H36N2O2. The first-order valence-corrected chi connectivity index (χ1v) is 21.8. The fraction of sp³-hybridized carbons (Fsp3) is 0. The van der Waals surface area contributed by atoms with Crippen molar-refractivity contribution in [2.75, 3.05) is 0 Å². The Bertz CT molecular complexity index is 4180. The van der Waals surface area contributed by atoms with E-state index in [9.17, 15) is 0 Å². The predicted octanol–water partition coefficient (Wildman–Crippen LogP) is 16.7. The Balaban J connectivity index is 0.878. The van der Waals surface area contributed by atoms with Crippen molar-refractivity contribution >= 4 is 87.5 Å². The highest BCUT2D eigenvalue weighted by Gasteiger charge is 2.19. The number of fused-ring (bicyclic) bond motifs is 12. The van der Waals surface area contributed by atoms with Crippen LogP contribution in [0.1, 0.15) is 0 Å². The zero-order valence-corrected chi connectivity index (χ0v) is 34.5. The van der Waals surface area contributed by atoms with Gasteiger partial charge < -0.3 is 18.0 Å². The topological polar surface area (TPSA) is 36.1 Å². The van der Waals surface area contributed by atoms with Crippen LogP contribution in [0.15, 0.2) is 227 Å². The lowest BCUT2D eigenvalue weighted by Gasteiger charge is -2.12. The summed E-state index contributed by atoms with van der Waals surface area (Å²) in [5.74, 6) is 0. The summed E-state index contributed by atoms with van der Waals surface area (Å²) in [6, 6.07) is 78.8. The Morgan fingerprint density at radius 3 is 1.30 bits per heavy atom. The second-order valence-electron chi connectivity index (χ2n) is 16.8. The first-order valence-electron chi connectivity index (χ1n) is 21.8. The van der Waals surface area contributed by atoms with Crippen molar-refractivity contribution in [1.82, 2.24) is 9.13 Å². The van der Waals surface area contributed by atoms with E-state index in [1.54, 1.807) is 0 Å². The fourth-order valence-corrected chi connectivity index (χ4v) is 10.4. The third-order valence-electron chi connectivity index (χ3n) is 13.4. The van der Waals surface area contributed by atoms with Gasteiger partial charge in [0, 0.05) is 54.5 Å². The molecule has 14 rings (SSSR count). The number of hydrogen-bond acceptors (Lipinski definition) is 2. The fourth-order valence-electron chi connectivity index (χ4n) is 10.4. The summed E-state index contributed by atoms with van der Waals surface area (Å²) in [7, 11) is 0. The van der Waals surface area contributed by atoms with Gasteiger partial charge in [-0.2, -0.15) is 0 Å². The van der Waals surface area contributed by atoms with Crippen molar-refractivity contribution in [3.05, 3.63) is 218 Å². The highest BCUT2D eigenvalue weighted by molar-refractivity contribution is 6.17. The Labute approximate surface area is 367 Å². The summed E-state index contributed by atoms with van der Waals surface area (Å²) >= 11 is 0. The van der Waals surface area contributed by atoms with Crippen LogP contribution in [-0.2, 0) is 0 Å². The van der Waals surface area contributed by atoms with E-state index in [0.29, 0.717) is 0 Å². The van der Waals surface area contributed by atoms with Crippen molar-refractivity contribution in [1.29, 1.82) is 0 Å². The summed E-state index contributed by atoms with van der Waals surface area (Å²) in [6.45, 7) is 0. The summed E-state index contributed by atoms with van der Waals surface area (Å²) in [5.41, 5.74) is 17.7.